The van der Waals surface area contributed by atoms with Crippen molar-refractivity contribution in [3.8, 4) is 17.1 Å². The van der Waals surface area contributed by atoms with Gasteiger partial charge in [-0.25, -0.2) is 4.98 Å². The van der Waals surface area contributed by atoms with Gasteiger partial charge in [-0.1, -0.05) is 0 Å². The molecule has 11 heteroatoms. The molecule has 1 aliphatic rings. The Labute approximate surface area is 206 Å². The van der Waals surface area contributed by atoms with Gasteiger partial charge in [-0.2, -0.15) is 0 Å². The van der Waals surface area contributed by atoms with Crippen LogP contribution in [0.3, 0.4) is 0 Å². The molecule has 2 amide bonds. The van der Waals surface area contributed by atoms with Crippen molar-refractivity contribution < 1.29 is 19.1 Å². The Morgan fingerprint density at radius 1 is 1.06 bits per heavy atom. The molecule has 1 unspecified atom stereocenters. The molecule has 0 spiro atoms. The van der Waals surface area contributed by atoms with E-state index in [2.05, 4.69) is 24.9 Å². The second-order valence-corrected chi connectivity index (χ2v) is 8.39. The second kappa shape index (κ2) is 9.53. The van der Waals surface area contributed by atoms with Crippen LogP contribution in [0.25, 0.3) is 22.3 Å². The number of rotatable bonds is 5. The molecule has 4 aromatic heterocycles. The van der Waals surface area contributed by atoms with Gasteiger partial charge in [0.25, 0.3) is 17.6 Å². The highest BCUT2D eigenvalue weighted by atomic mass is 16.5. The van der Waals surface area contributed by atoms with Crippen LogP contribution in [0, 0.1) is 0 Å². The molecule has 0 saturated carbocycles. The Kier molecular flexibility index (Phi) is 6.11. The summed E-state index contributed by atoms with van der Waals surface area (Å²) in [5, 5.41) is 0.449. The van der Waals surface area contributed by atoms with Gasteiger partial charge in [-0.15, -0.1) is 0 Å². The molecule has 0 bridgehead atoms. The van der Waals surface area contributed by atoms with Gasteiger partial charge in [-0.05, 0) is 19.1 Å². The number of piperazine rings is 1. The smallest absolute Gasteiger partial charge is 0.295 e. The van der Waals surface area contributed by atoms with Gasteiger partial charge in [-0.3, -0.25) is 29.3 Å². The highest BCUT2D eigenvalue weighted by Gasteiger charge is 2.34. The van der Waals surface area contributed by atoms with Crippen LogP contribution in [0.2, 0.25) is 0 Å². The number of fused-ring (bicyclic) bond motifs is 1. The zero-order chi connectivity index (χ0) is 25.2. The molecule has 0 radical (unpaired) electrons. The predicted octanol–water partition coefficient (Wildman–Crippen LogP) is 1.98. The fraction of sp³-hybridized carbons (Fsp3) is 0.240. The lowest BCUT2D eigenvalue weighted by Crippen LogP contribution is -2.56. The Morgan fingerprint density at radius 3 is 2.58 bits per heavy atom. The summed E-state index contributed by atoms with van der Waals surface area (Å²) < 4.78 is 5.45. The zero-order valence-corrected chi connectivity index (χ0v) is 19.7. The molecule has 5 rings (SSSR count). The lowest BCUT2D eigenvalue weighted by Gasteiger charge is -2.39. The molecule has 1 saturated heterocycles. The number of ether oxygens (including phenoxy) is 1. The minimum atomic E-state index is -0.671. The number of hydrogen-bond donors (Lipinski definition) is 1. The number of ketones is 1. The van der Waals surface area contributed by atoms with E-state index >= 15 is 0 Å². The number of nitrogens with one attached hydrogen (secondary N) is 1. The van der Waals surface area contributed by atoms with Crippen molar-refractivity contribution in [3.05, 3.63) is 66.6 Å². The van der Waals surface area contributed by atoms with Crippen molar-refractivity contribution in [3.63, 3.8) is 0 Å². The first-order valence-corrected chi connectivity index (χ1v) is 11.3. The molecule has 1 N–H and O–H groups in total. The SMILES string of the molecule is COc1cnc(-c2cnccn2)c2[nH]cc(C(=O)C(=O)N3CCN(C(=O)c4cccnc4)C(C)C3)c12. The first-order valence-electron chi connectivity index (χ1n) is 11.3. The van der Waals surface area contributed by atoms with E-state index in [4.69, 9.17) is 4.74 Å². The summed E-state index contributed by atoms with van der Waals surface area (Å²) >= 11 is 0. The quantitative estimate of drug-likeness (QED) is 0.335. The number of methoxy groups -OCH3 is 1. The van der Waals surface area contributed by atoms with Gasteiger partial charge in [0.15, 0.2) is 0 Å². The monoisotopic (exact) mass is 485 g/mol. The molecular formula is C25H23N7O4. The number of pyridine rings is 2. The summed E-state index contributed by atoms with van der Waals surface area (Å²) in [6.07, 6.45) is 10.8. The molecule has 1 aliphatic heterocycles. The maximum absolute atomic E-state index is 13.4. The van der Waals surface area contributed by atoms with Crippen LogP contribution in [0.15, 0.2) is 55.5 Å². The molecule has 5 heterocycles. The van der Waals surface area contributed by atoms with Crippen LogP contribution in [0.4, 0.5) is 0 Å². The van der Waals surface area contributed by atoms with Crippen molar-refractivity contribution in [1.29, 1.82) is 0 Å². The Bertz CT molecular complexity index is 1440. The topological polar surface area (TPSA) is 134 Å². The number of nitrogens with zero attached hydrogens (tertiary/aromatic N) is 6. The van der Waals surface area contributed by atoms with E-state index in [0.29, 0.717) is 40.1 Å². The zero-order valence-electron chi connectivity index (χ0n) is 19.7. The third-order valence-corrected chi connectivity index (χ3v) is 6.22. The van der Waals surface area contributed by atoms with E-state index in [1.54, 1.807) is 41.8 Å². The number of carbonyl (C=O) groups is 3. The summed E-state index contributed by atoms with van der Waals surface area (Å²) in [5.41, 5.74) is 2.19. The average molecular weight is 486 g/mol. The maximum atomic E-state index is 13.4. The van der Waals surface area contributed by atoms with Gasteiger partial charge >= 0.3 is 0 Å². The summed E-state index contributed by atoms with van der Waals surface area (Å²) in [6, 6.07) is 3.14. The second-order valence-electron chi connectivity index (χ2n) is 8.39. The summed E-state index contributed by atoms with van der Waals surface area (Å²) in [4.78, 5) is 62.5. The van der Waals surface area contributed by atoms with Crippen LogP contribution in [0.1, 0.15) is 27.6 Å². The largest absolute Gasteiger partial charge is 0.494 e. The molecule has 36 heavy (non-hydrogen) atoms. The number of aromatic amines is 1. The predicted molar refractivity (Wildman–Crippen MR) is 129 cm³/mol. The summed E-state index contributed by atoms with van der Waals surface area (Å²) in [6.45, 7) is 2.65. The standard InChI is InChI=1S/C25H23N7O4/c1-15-14-31(8-9-32(15)24(34)16-4-3-5-26-10-16)25(35)23(33)17-11-29-22-20(17)19(36-2)13-30-21(22)18-12-27-6-7-28-18/h3-7,10-13,15,29H,8-9,14H2,1-2H3. The van der Waals surface area contributed by atoms with Gasteiger partial charge in [0.1, 0.15) is 17.1 Å². The van der Waals surface area contributed by atoms with Crippen LogP contribution in [-0.2, 0) is 4.79 Å². The van der Waals surface area contributed by atoms with E-state index in [1.165, 1.54) is 30.6 Å². The van der Waals surface area contributed by atoms with Crippen LogP contribution < -0.4 is 4.74 Å². The molecule has 1 atom stereocenters. The Hall–Kier alpha value is -4.67. The number of Topliss-reactive ketones (excluding diaryl/α,β-unsaturated/α-hetero) is 1. The van der Waals surface area contributed by atoms with Gasteiger partial charge in [0, 0.05) is 56.7 Å². The first-order chi connectivity index (χ1) is 17.5. The van der Waals surface area contributed by atoms with E-state index in [0.717, 1.165) is 0 Å². The van der Waals surface area contributed by atoms with Crippen molar-refractivity contribution >= 4 is 28.5 Å². The number of amides is 2. The third-order valence-electron chi connectivity index (χ3n) is 6.22. The molecule has 0 aliphatic carbocycles. The van der Waals surface area contributed by atoms with E-state index in [9.17, 15) is 14.4 Å². The van der Waals surface area contributed by atoms with Crippen molar-refractivity contribution in [1.82, 2.24) is 34.7 Å². The molecule has 182 valence electrons. The van der Waals surface area contributed by atoms with Crippen LogP contribution in [-0.4, -0.2) is 85.1 Å². The van der Waals surface area contributed by atoms with Crippen molar-refractivity contribution in [2.75, 3.05) is 26.7 Å². The van der Waals surface area contributed by atoms with Crippen LogP contribution >= 0.6 is 0 Å². The minimum Gasteiger partial charge on any atom is -0.494 e. The third kappa shape index (κ3) is 4.04. The number of hydrogen-bond acceptors (Lipinski definition) is 8. The first kappa shape index (κ1) is 23.1. The maximum Gasteiger partial charge on any atom is 0.295 e. The van der Waals surface area contributed by atoms with E-state index in [1.807, 2.05) is 6.92 Å². The molecular weight excluding hydrogens is 462 g/mol. The number of H-pyrrole nitrogens is 1. The minimum absolute atomic E-state index is 0.153. The Balaban J connectivity index is 1.39. The fourth-order valence-electron chi connectivity index (χ4n) is 4.43. The number of carbonyl (C=O) groups excluding carboxylic acids is 3. The fourth-order valence-corrected chi connectivity index (χ4v) is 4.43. The van der Waals surface area contributed by atoms with Crippen molar-refractivity contribution in [2.45, 2.75) is 13.0 Å². The normalized spacial score (nSPS) is 15.7. The highest BCUT2D eigenvalue weighted by Crippen LogP contribution is 2.34. The average Bonchev–Trinajstić information content (AvgIpc) is 3.37. The molecule has 11 nitrogen and oxygen atoms in total. The lowest BCUT2D eigenvalue weighted by atomic mass is 10.1. The van der Waals surface area contributed by atoms with E-state index < -0.39 is 11.7 Å². The molecule has 4 aromatic rings. The lowest BCUT2D eigenvalue weighted by molar-refractivity contribution is -0.128. The van der Waals surface area contributed by atoms with Gasteiger partial charge in [0.05, 0.1) is 41.5 Å². The van der Waals surface area contributed by atoms with Crippen LogP contribution in [0.5, 0.6) is 5.75 Å². The molecule has 0 aromatic carbocycles. The summed E-state index contributed by atoms with van der Waals surface area (Å²) in [7, 11) is 1.47. The Morgan fingerprint density at radius 2 is 1.89 bits per heavy atom. The molecule has 1 fully saturated rings. The van der Waals surface area contributed by atoms with E-state index in [-0.39, 0.29) is 30.6 Å². The number of aromatic nitrogens is 5. The van der Waals surface area contributed by atoms with Gasteiger partial charge < -0.3 is 19.5 Å². The summed E-state index contributed by atoms with van der Waals surface area (Å²) in [5.74, 6) is -1.11. The highest BCUT2D eigenvalue weighted by molar-refractivity contribution is 6.45. The van der Waals surface area contributed by atoms with Gasteiger partial charge in [0.2, 0.25) is 0 Å². The van der Waals surface area contributed by atoms with Crippen molar-refractivity contribution in [2.24, 2.45) is 0 Å².